The molecule has 1 fully saturated rings. The van der Waals surface area contributed by atoms with Crippen LogP contribution in [0.5, 0.6) is 0 Å². The molecule has 1 saturated heterocycles. The fourth-order valence-corrected chi connectivity index (χ4v) is 5.42. The van der Waals surface area contributed by atoms with Crippen molar-refractivity contribution in [1.29, 1.82) is 0 Å². The number of nitrogens with zero attached hydrogens (tertiary/aromatic N) is 2. The molecule has 0 aliphatic carbocycles. The van der Waals surface area contributed by atoms with Gasteiger partial charge >= 0.3 is 0 Å². The molecule has 26 heavy (non-hydrogen) atoms. The minimum Gasteiger partial charge on any atom is -0.381 e. The monoisotopic (exact) mass is 384 g/mol. The maximum Gasteiger partial charge on any atom is 0.263 e. The largest absolute Gasteiger partial charge is 0.381 e. The van der Waals surface area contributed by atoms with Crippen LogP contribution in [-0.2, 0) is 0 Å². The van der Waals surface area contributed by atoms with E-state index in [1.807, 2.05) is 18.7 Å². The van der Waals surface area contributed by atoms with Gasteiger partial charge in [0.15, 0.2) is 0 Å². The van der Waals surface area contributed by atoms with Crippen molar-refractivity contribution >= 4 is 61.5 Å². The van der Waals surface area contributed by atoms with Gasteiger partial charge in [-0.3, -0.25) is 4.79 Å². The number of pyridine rings is 1. The van der Waals surface area contributed by atoms with Crippen molar-refractivity contribution in [3.63, 3.8) is 0 Å². The summed E-state index contributed by atoms with van der Waals surface area (Å²) in [4.78, 5) is 20.5. The Bertz CT molecular complexity index is 1030. The Morgan fingerprint density at radius 3 is 2.92 bits per heavy atom. The highest BCUT2D eigenvalue weighted by atomic mass is 32.2. The normalized spacial score (nSPS) is 20.5. The Hall–Kier alpha value is -1.99. The molecular weight excluding hydrogens is 364 g/mol. The van der Waals surface area contributed by atoms with E-state index in [4.69, 9.17) is 4.98 Å². The summed E-state index contributed by atoms with van der Waals surface area (Å²) in [5.41, 5.74) is 1.95. The van der Waals surface area contributed by atoms with Gasteiger partial charge in [-0.05, 0) is 37.4 Å². The molecule has 2 N–H and O–H groups in total. The van der Waals surface area contributed by atoms with E-state index >= 15 is 0 Å². The van der Waals surface area contributed by atoms with Gasteiger partial charge < -0.3 is 15.5 Å². The van der Waals surface area contributed by atoms with Crippen molar-refractivity contribution in [3.05, 3.63) is 29.1 Å². The topological polar surface area (TPSA) is 57.3 Å². The second-order valence-corrected chi connectivity index (χ2v) is 9.19. The fourth-order valence-electron chi connectivity index (χ4n) is 3.67. The summed E-state index contributed by atoms with van der Waals surface area (Å²) in [5.74, 6) is 1.06. The van der Waals surface area contributed by atoms with Gasteiger partial charge in [0.25, 0.3) is 5.91 Å². The van der Waals surface area contributed by atoms with E-state index in [0.29, 0.717) is 5.25 Å². The molecule has 0 bridgehead atoms. The number of fused-ring (bicyclic) bond motifs is 5. The van der Waals surface area contributed by atoms with Crippen LogP contribution in [0, 0.1) is 0 Å². The van der Waals surface area contributed by atoms with E-state index in [1.165, 1.54) is 0 Å². The molecule has 134 valence electrons. The smallest absolute Gasteiger partial charge is 0.263 e. The SMILES string of the molecule is CSC1CN(c2ccc3c(ccc4sc5c(c43)NC[C@@H](C)NC5=O)n2)C1. The number of benzene rings is 1. The van der Waals surface area contributed by atoms with Gasteiger partial charge in [0, 0.05) is 46.4 Å². The van der Waals surface area contributed by atoms with Crippen molar-refractivity contribution < 1.29 is 4.79 Å². The number of nitrogens with one attached hydrogen (secondary N) is 2. The second-order valence-electron chi connectivity index (χ2n) is 7.00. The highest BCUT2D eigenvalue weighted by molar-refractivity contribution is 7.99. The van der Waals surface area contributed by atoms with Crippen LogP contribution in [0.25, 0.3) is 21.0 Å². The first-order valence-corrected chi connectivity index (χ1v) is 10.9. The fraction of sp³-hybridized carbons (Fsp3) is 0.368. The molecule has 2 aliphatic rings. The van der Waals surface area contributed by atoms with Gasteiger partial charge in [-0.2, -0.15) is 11.8 Å². The molecule has 0 unspecified atom stereocenters. The van der Waals surface area contributed by atoms with Crippen LogP contribution in [-0.4, -0.2) is 48.1 Å². The molecule has 4 heterocycles. The Morgan fingerprint density at radius 2 is 2.12 bits per heavy atom. The summed E-state index contributed by atoms with van der Waals surface area (Å²) >= 11 is 3.47. The molecule has 0 spiro atoms. The molecule has 7 heteroatoms. The number of rotatable bonds is 2. The standard InChI is InChI=1S/C19H20N4OS2/c1-10-7-20-17-16-12-3-6-15(23-8-11(9-23)25-2)22-13(12)4-5-14(16)26-18(17)19(24)21-10/h3-6,10-11,20H,7-9H2,1-2H3,(H,21,24)/t10-/m1/s1. The Kier molecular flexibility index (Phi) is 3.76. The molecule has 1 amide bonds. The third-order valence-corrected chi connectivity index (χ3v) is 7.30. The lowest BCUT2D eigenvalue weighted by Gasteiger charge is -2.39. The van der Waals surface area contributed by atoms with Crippen LogP contribution in [0.1, 0.15) is 16.6 Å². The van der Waals surface area contributed by atoms with E-state index < -0.39 is 0 Å². The zero-order valence-electron chi connectivity index (χ0n) is 14.7. The molecule has 1 atom stereocenters. The first-order valence-electron chi connectivity index (χ1n) is 8.83. The van der Waals surface area contributed by atoms with Crippen LogP contribution >= 0.6 is 23.1 Å². The summed E-state index contributed by atoms with van der Waals surface area (Å²) in [6.07, 6.45) is 2.17. The van der Waals surface area contributed by atoms with Crippen LogP contribution in [0.15, 0.2) is 24.3 Å². The highest BCUT2D eigenvalue weighted by Gasteiger charge is 2.28. The number of carbonyl (C=O) groups is 1. The van der Waals surface area contributed by atoms with E-state index in [1.54, 1.807) is 11.3 Å². The lowest BCUT2D eigenvalue weighted by Crippen LogP contribution is -2.49. The quantitative estimate of drug-likeness (QED) is 0.708. The van der Waals surface area contributed by atoms with Crippen molar-refractivity contribution in [3.8, 4) is 0 Å². The van der Waals surface area contributed by atoms with E-state index in [0.717, 1.165) is 57.0 Å². The maximum absolute atomic E-state index is 12.5. The lowest BCUT2D eigenvalue weighted by molar-refractivity contribution is 0.0949. The molecule has 5 nitrogen and oxygen atoms in total. The predicted molar refractivity (Wildman–Crippen MR) is 112 cm³/mol. The summed E-state index contributed by atoms with van der Waals surface area (Å²) in [5, 5.41) is 9.47. The van der Waals surface area contributed by atoms with Crippen molar-refractivity contribution in [1.82, 2.24) is 10.3 Å². The van der Waals surface area contributed by atoms with E-state index in [2.05, 4.69) is 46.1 Å². The molecule has 3 aromatic rings. The summed E-state index contributed by atoms with van der Waals surface area (Å²) in [6.45, 7) is 4.88. The average Bonchev–Trinajstić information content (AvgIpc) is 2.91. The Morgan fingerprint density at radius 1 is 1.27 bits per heavy atom. The van der Waals surface area contributed by atoms with Crippen molar-refractivity contribution in [2.75, 3.05) is 36.1 Å². The Balaban J connectivity index is 1.62. The molecular formula is C19H20N4OS2. The number of anilines is 2. The van der Waals surface area contributed by atoms with Crippen LogP contribution < -0.4 is 15.5 Å². The van der Waals surface area contributed by atoms with Crippen LogP contribution in [0.3, 0.4) is 0 Å². The minimum absolute atomic E-state index is 0.0140. The van der Waals surface area contributed by atoms with Gasteiger partial charge in [0.2, 0.25) is 0 Å². The molecule has 2 aromatic heterocycles. The number of amides is 1. The molecule has 1 aromatic carbocycles. The number of carbonyl (C=O) groups excluding carboxylic acids is 1. The number of hydrogen-bond donors (Lipinski definition) is 2. The predicted octanol–water partition coefficient (Wildman–Crippen LogP) is 3.54. The zero-order valence-corrected chi connectivity index (χ0v) is 16.3. The van der Waals surface area contributed by atoms with E-state index in [9.17, 15) is 4.79 Å². The molecule has 2 aliphatic heterocycles. The molecule has 0 radical (unpaired) electrons. The molecule has 0 saturated carbocycles. The zero-order chi connectivity index (χ0) is 17.8. The lowest BCUT2D eigenvalue weighted by atomic mass is 10.1. The number of thioether (sulfide) groups is 1. The summed E-state index contributed by atoms with van der Waals surface area (Å²) in [6, 6.07) is 8.55. The molecule has 5 rings (SSSR count). The van der Waals surface area contributed by atoms with Crippen molar-refractivity contribution in [2.45, 2.75) is 18.2 Å². The second kappa shape index (κ2) is 6.03. The number of thiophene rings is 1. The summed E-state index contributed by atoms with van der Waals surface area (Å²) < 4.78 is 1.13. The highest BCUT2D eigenvalue weighted by Crippen LogP contribution is 2.41. The van der Waals surface area contributed by atoms with Crippen LogP contribution in [0.2, 0.25) is 0 Å². The third kappa shape index (κ3) is 2.45. The average molecular weight is 385 g/mol. The van der Waals surface area contributed by atoms with Gasteiger partial charge in [-0.1, -0.05) is 0 Å². The maximum atomic E-state index is 12.5. The number of hydrogen-bond acceptors (Lipinski definition) is 6. The van der Waals surface area contributed by atoms with Gasteiger partial charge in [-0.15, -0.1) is 11.3 Å². The number of aromatic nitrogens is 1. The third-order valence-electron chi connectivity index (χ3n) is 5.18. The van der Waals surface area contributed by atoms with Gasteiger partial charge in [-0.25, -0.2) is 4.98 Å². The van der Waals surface area contributed by atoms with Gasteiger partial charge in [0.05, 0.1) is 11.2 Å². The minimum atomic E-state index is 0.0140. The Labute approximate surface area is 160 Å². The van der Waals surface area contributed by atoms with Gasteiger partial charge in [0.1, 0.15) is 10.7 Å². The van der Waals surface area contributed by atoms with E-state index in [-0.39, 0.29) is 11.9 Å². The first kappa shape index (κ1) is 16.2. The summed E-state index contributed by atoms with van der Waals surface area (Å²) in [7, 11) is 0. The van der Waals surface area contributed by atoms with Crippen molar-refractivity contribution in [2.24, 2.45) is 0 Å². The first-order chi connectivity index (χ1) is 12.6. The van der Waals surface area contributed by atoms with Crippen LogP contribution in [0.4, 0.5) is 11.5 Å².